The third kappa shape index (κ3) is 6.07. The van der Waals surface area contributed by atoms with Gasteiger partial charge in [0.1, 0.15) is 0 Å². The van der Waals surface area contributed by atoms with Crippen LogP contribution in [0.3, 0.4) is 0 Å². The van der Waals surface area contributed by atoms with Gasteiger partial charge >= 0.3 is 0 Å². The first kappa shape index (κ1) is 7.07. The van der Waals surface area contributed by atoms with Gasteiger partial charge in [-0.05, 0) is 6.42 Å². The van der Waals surface area contributed by atoms with E-state index in [-0.39, 0.29) is 5.75 Å². The van der Waals surface area contributed by atoms with Crippen molar-refractivity contribution in [2.75, 3.05) is 5.75 Å². The molecule has 46 valence electrons. The third-order valence-corrected chi connectivity index (χ3v) is 1.54. The van der Waals surface area contributed by atoms with Crippen molar-refractivity contribution in [3.8, 4) is 0 Å². The van der Waals surface area contributed by atoms with Gasteiger partial charge in [0.05, 0.1) is 10.5 Å². The molecule has 0 aromatic carbocycles. The number of hydrogen-bond acceptors (Lipinski definition) is 1. The highest BCUT2D eigenvalue weighted by atomic mass is 32.3. The van der Waals surface area contributed by atoms with Crippen molar-refractivity contribution in [1.82, 2.24) is 0 Å². The first-order valence-electron chi connectivity index (χ1n) is 2.11. The van der Waals surface area contributed by atoms with Gasteiger partial charge in [-0.15, -0.1) is 0 Å². The highest BCUT2D eigenvalue weighted by molar-refractivity contribution is 7.92. The fourth-order valence-electron chi connectivity index (χ4n) is 0.291. The number of thiol groups is 1. The highest BCUT2D eigenvalue weighted by Gasteiger charge is 1.97. The first-order chi connectivity index (χ1) is 3.06. The molecular weight excluding hydrogens is 116 g/mol. The van der Waals surface area contributed by atoms with Gasteiger partial charge < -0.3 is 9.11 Å². The molecule has 4 heteroatoms. The van der Waals surface area contributed by atoms with Gasteiger partial charge in [0.15, 0.2) is 0 Å². The van der Waals surface area contributed by atoms with Crippen molar-refractivity contribution in [2.24, 2.45) is 0 Å². The Morgan fingerprint density at radius 3 is 2.00 bits per heavy atom. The molecule has 0 fully saturated rings. The lowest BCUT2D eigenvalue weighted by atomic mass is 10.6. The maximum absolute atomic E-state index is 9.93. The highest BCUT2D eigenvalue weighted by Crippen LogP contribution is 1.91. The van der Waals surface area contributed by atoms with Gasteiger partial charge in [-0.1, -0.05) is 6.92 Å². The molecule has 0 rings (SSSR count). The monoisotopic (exact) mass is 126 g/mol. The van der Waals surface area contributed by atoms with Crippen LogP contribution in [0.5, 0.6) is 0 Å². The molecule has 0 saturated heterocycles. The predicted octanol–water partition coefficient (Wildman–Crippen LogP) is 0.359. The molecule has 0 aliphatic carbocycles. The average molecular weight is 126 g/mol. The van der Waals surface area contributed by atoms with E-state index in [0.29, 0.717) is 6.42 Å². The maximum Gasteiger partial charge on any atom is 0.0732 e. The Bertz CT molecular complexity index is 84.2. The summed E-state index contributed by atoms with van der Waals surface area (Å²) in [6, 6.07) is 0. The van der Waals surface area contributed by atoms with E-state index < -0.39 is 10.5 Å². The minimum Gasteiger partial charge on any atom is -0.310 e. The van der Waals surface area contributed by atoms with E-state index in [2.05, 4.69) is 0 Å². The van der Waals surface area contributed by atoms with Gasteiger partial charge in [0.25, 0.3) is 0 Å². The normalized spacial score (nSPS) is 14.1. The van der Waals surface area contributed by atoms with E-state index >= 15 is 0 Å². The standard InChI is InChI=1S/C3H10O3S/c1-2-3-7(4,5)6/h7H,2-3H2,1H3,(H2,4,5,6). The summed E-state index contributed by atoms with van der Waals surface area (Å²) < 4.78 is 26.2. The summed E-state index contributed by atoms with van der Waals surface area (Å²) in [7, 11) is -3.67. The molecule has 0 aromatic heterocycles. The van der Waals surface area contributed by atoms with E-state index in [1.807, 2.05) is 0 Å². The molecule has 2 N–H and O–H groups in total. The minimum atomic E-state index is -3.67. The van der Waals surface area contributed by atoms with Gasteiger partial charge in [-0.25, -0.2) is 4.21 Å². The molecule has 0 saturated carbocycles. The molecule has 0 unspecified atom stereocenters. The van der Waals surface area contributed by atoms with Crippen LogP contribution in [-0.2, 0) is 10.5 Å². The average Bonchev–Trinajstić information content (AvgIpc) is 1.30. The van der Waals surface area contributed by atoms with Gasteiger partial charge in [-0.2, -0.15) is 0 Å². The summed E-state index contributed by atoms with van der Waals surface area (Å²) in [5.74, 6) is 0.00694. The molecule has 0 bridgehead atoms. The van der Waals surface area contributed by atoms with Crippen LogP contribution in [-0.4, -0.2) is 19.1 Å². The summed E-state index contributed by atoms with van der Waals surface area (Å²) >= 11 is 0. The largest absolute Gasteiger partial charge is 0.310 e. The second-order valence-electron chi connectivity index (χ2n) is 1.39. The number of hydrogen-bond donors (Lipinski definition) is 3. The second kappa shape index (κ2) is 2.40. The van der Waals surface area contributed by atoms with Crippen LogP contribution in [0, 0.1) is 0 Å². The topological polar surface area (TPSA) is 57.5 Å². The van der Waals surface area contributed by atoms with E-state index in [0.717, 1.165) is 0 Å². The van der Waals surface area contributed by atoms with Crippen molar-refractivity contribution in [2.45, 2.75) is 13.3 Å². The van der Waals surface area contributed by atoms with Crippen LogP contribution in [0.4, 0.5) is 0 Å². The molecule has 0 atom stereocenters. The molecule has 7 heavy (non-hydrogen) atoms. The third-order valence-electron chi connectivity index (χ3n) is 0.515. The Hall–Kier alpha value is 0.0700. The maximum atomic E-state index is 9.93. The summed E-state index contributed by atoms with van der Waals surface area (Å²) in [6.45, 7) is 1.74. The van der Waals surface area contributed by atoms with Crippen LogP contribution >= 0.6 is 0 Å². The van der Waals surface area contributed by atoms with Gasteiger partial charge in [0, 0.05) is 5.75 Å². The Morgan fingerprint density at radius 1 is 1.57 bits per heavy atom. The molecule has 3 nitrogen and oxygen atoms in total. The Kier molecular flexibility index (Phi) is 2.42. The molecule has 0 aromatic rings. The lowest BCUT2D eigenvalue weighted by Gasteiger charge is -2.05. The van der Waals surface area contributed by atoms with Crippen molar-refractivity contribution in [3.63, 3.8) is 0 Å². The molecule has 0 aliphatic heterocycles. The molecule has 0 heterocycles. The van der Waals surface area contributed by atoms with Crippen molar-refractivity contribution in [3.05, 3.63) is 0 Å². The smallest absolute Gasteiger partial charge is 0.0732 e. The lowest BCUT2D eigenvalue weighted by molar-refractivity contribution is 0.423. The van der Waals surface area contributed by atoms with E-state index in [9.17, 15) is 4.21 Å². The van der Waals surface area contributed by atoms with Crippen LogP contribution in [0.15, 0.2) is 0 Å². The minimum absolute atomic E-state index is 0.00694. The lowest BCUT2D eigenvalue weighted by Crippen LogP contribution is -2.11. The van der Waals surface area contributed by atoms with Crippen molar-refractivity contribution >= 4 is 10.5 Å². The molecule has 0 amide bonds. The van der Waals surface area contributed by atoms with Gasteiger partial charge in [-0.3, -0.25) is 0 Å². The summed E-state index contributed by atoms with van der Waals surface area (Å²) in [5.41, 5.74) is 0. The fourth-order valence-corrected chi connectivity index (χ4v) is 0.874. The summed E-state index contributed by atoms with van der Waals surface area (Å²) in [4.78, 5) is 0. The quantitative estimate of drug-likeness (QED) is 0.468. The van der Waals surface area contributed by atoms with Crippen LogP contribution in [0.2, 0.25) is 0 Å². The summed E-state index contributed by atoms with van der Waals surface area (Å²) in [5, 5.41) is 0. The Labute approximate surface area is 43.8 Å². The van der Waals surface area contributed by atoms with Crippen molar-refractivity contribution < 1.29 is 13.3 Å². The number of rotatable bonds is 2. The molecule has 0 aliphatic rings. The molecule has 0 radical (unpaired) electrons. The second-order valence-corrected chi connectivity index (χ2v) is 3.16. The van der Waals surface area contributed by atoms with Gasteiger partial charge in [0.2, 0.25) is 0 Å². The van der Waals surface area contributed by atoms with Crippen LogP contribution in [0.25, 0.3) is 0 Å². The van der Waals surface area contributed by atoms with E-state index in [1.165, 1.54) is 0 Å². The molecule has 0 spiro atoms. The zero-order chi connectivity index (χ0) is 5.91. The first-order valence-corrected chi connectivity index (χ1v) is 3.90. The Balaban J connectivity index is 3.36. The van der Waals surface area contributed by atoms with E-state index in [1.54, 1.807) is 6.92 Å². The molecular formula is C3H10O3S. The fraction of sp³-hybridized carbons (Fsp3) is 1.00. The Morgan fingerprint density at radius 2 is 2.00 bits per heavy atom. The van der Waals surface area contributed by atoms with Crippen LogP contribution < -0.4 is 0 Å². The predicted molar refractivity (Wildman–Crippen MR) is 30.0 cm³/mol. The van der Waals surface area contributed by atoms with Crippen molar-refractivity contribution in [1.29, 1.82) is 0 Å². The SMILES string of the molecule is CCC[SH](=O)(O)O. The summed E-state index contributed by atoms with van der Waals surface area (Å²) in [6.07, 6.45) is 0.546. The van der Waals surface area contributed by atoms with Crippen LogP contribution in [0.1, 0.15) is 13.3 Å². The zero-order valence-corrected chi connectivity index (χ0v) is 5.06. The zero-order valence-electron chi connectivity index (χ0n) is 4.16. The van der Waals surface area contributed by atoms with E-state index in [4.69, 9.17) is 9.11 Å².